The van der Waals surface area contributed by atoms with Crippen LogP contribution in [0.4, 0.5) is 0 Å². The van der Waals surface area contributed by atoms with E-state index < -0.39 is 0 Å². The number of phenolic OH excluding ortho intramolecular Hbond substituents is 1. The Kier molecular flexibility index (Phi) is 4.03. The highest BCUT2D eigenvalue weighted by molar-refractivity contribution is 9.10. The van der Waals surface area contributed by atoms with Gasteiger partial charge >= 0.3 is 0 Å². The molecule has 0 spiro atoms. The predicted octanol–water partition coefficient (Wildman–Crippen LogP) is 4.15. The first-order valence-electron chi connectivity index (χ1n) is 7.20. The molecule has 1 heterocycles. The first-order valence-corrected chi connectivity index (χ1v) is 7.99. The highest BCUT2D eigenvalue weighted by atomic mass is 79.9. The summed E-state index contributed by atoms with van der Waals surface area (Å²) in [6, 6.07) is 13.1. The summed E-state index contributed by atoms with van der Waals surface area (Å²) in [6.45, 7) is 2.03. The molecule has 0 aliphatic carbocycles. The fourth-order valence-corrected chi connectivity index (χ4v) is 3.09. The van der Waals surface area contributed by atoms with Gasteiger partial charge in [0.1, 0.15) is 5.75 Å². The number of fused-ring (bicyclic) bond motifs is 1. The standard InChI is InChI=1S/C18H16BrNO2/c1-2-13-15(10-11-6-8-12(19)9-7-11)20-18(22)14-4-3-5-16(21)17(13)14/h3-9,21H,2,10H2,1H3,(H,20,22). The fraction of sp³-hybridized carbons (Fsp3) is 0.167. The molecular weight excluding hydrogens is 342 g/mol. The summed E-state index contributed by atoms with van der Waals surface area (Å²) in [5.41, 5.74) is 2.82. The molecule has 3 aromatic rings. The molecule has 3 nitrogen and oxygen atoms in total. The molecule has 0 bridgehead atoms. The van der Waals surface area contributed by atoms with E-state index in [4.69, 9.17) is 0 Å². The molecule has 1 aromatic heterocycles. The van der Waals surface area contributed by atoms with E-state index in [9.17, 15) is 9.90 Å². The average molecular weight is 358 g/mol. The number of benzene rings is 2. The molecule has 2 N–H and O–H groups in total. The molecule has 3 rings (SSSR count). The van der Waals surface area contributed by atoms with Crippen molar-refractivity contribution in [2.75, 3.05) is 0 Å². The minimum Gasteiger partial charge on any atom is -0.507 e. The Morgan fingerprint density at radius 3 is 2.55 bits per heavy atom. The van der Waals surface area contributed by atoms with E-state index in [2.05, 4.69) is 20.9 Å². The highest BCUT2D eigenvalue weighted by Crippen LogP contribution is 2.28. The summed E-state index contributed by atoms with van der Waals surface area (Å²) in [5.74, 6) is 0.164. The van der Waals surface area contributed by atoms with E-state index in [1.165, 1.54) is 0 Å². The lowest BCUT2D eigenvalue weighted by Gasteiger charge is -2.12. The van der Waals surface area contributed by atoms with Crippen LogP contribution >= 0.6 is 15.9 Å². The summed E-state index contributed by atoms with van der Waals surface area (Å²) in [6.07, 6.45) is 1.38. The van der Waals surface area contributed by atoms with Crippen molar-refractivity contribution in [2.45, 2.75) is 19.8 Å². The lowest BCUT2D eigenvalue weighted by atomic mass is 9.97. The van der Waals surface area contributed by atoms with Crippen LogP contribution in [0.25, 0.3) is 10.8 Å². The van der Waals surface area contributed by atoms with Crippen LogP contribution in [0.2, 0.25) is 0 Å². The smallest absolute Gasteiger partial charge is 0.256 e. The van der Waals surface area contributed by atoms with Gasteiger partial charge in [0.05, 0.1) is 5.39 Å². The second kappa shape index (κ2) is 5.97. The Balaban J connectivity index is 2.19. The van der Waals surface area contributed by atoms with Crippen molar-refractivity contribution >= 4 is 26.7 Å². The number of pyridine rings is 1. The topological polar surface area (TPSA) is 53.1 Å². The number of phenols is 1. The number of H-pyrrole nitrogens is 1. The zero-order valence-electron chi connectivity index (χ0n) is 12.2. The molecular formula is C18H16BrNO2. The van der Waals surface area contributed by atoms with Crippen LogP contribution < -0.4 is 5.56 Å². The van der Waals surface area contributed by atoms with Crippen molar-refractivity contribution in [1.82, 2.24) is 4.98 Å². The van der Waals surface area contributed by atoms with Crippen molar-refractivity contribution < 1.29 is 5.11 Å². The fourth-order valence-electron chi connectivity index (χ4n) is 2.82. The number of hydrogen-bond donors (Lipinski definition) is 2. The molecule has 0 atom stereocenters. The SMILES string of the molecule is CCc1c(Cc2ccc(Br)cc2)[nH]c(=O)c2cccc(O)c12. The van der Waals surface area contributed by atoms with E-state index in [0.29, 0.717) is 17.2 Å². The van der Waals surface area contributed by atoms with Crippen molar-refractivity contribution in [3.05, 3.63) is 74.1 Å². The molecule has 0 aliphatic heterocycles. The van der Waals surface area contributed by atoms with Gasteiger partial charge < -0.3 is 10.1 Å². The number of aromatic hydroxyl groups is 1. The maximum absolute atomic E-state index is 12.3. The van der Waals surface area contributed by atoms with Gasteiger partial charge in [-0.3, -0.25) is 4.79 Å². The minimum absolute atomic E-state index is 0.157. The van der Waals surface area contributed by atoms with E-state index in [0.717, 1.165) is 27.7 Å². The summed E-state index contributed by atoms with van der Waals surface area (Å²) >= 11 is 3.42. The number of halogens is 1. The normalized spacial score (nSPS) is 11.0. The van der Waals surface area contributed by atoms with Crippen LogP contribution in [0.5, 0.6) is 5.75 Å². The van der Waals surface area contributed by atoms with Crippen LogP contribution in [0.1, 0.15) is 23.7 Å². The highest BCUT2D eigenvalue weighted by Gasteiger charge is 2.13. The molecule has 0 saturated heterocycles. The minimum atomic E-state index is -0.157. The van der Waals surface area contributed by atoms with E-state index in [1.54, 1.807) is 18.2 Å². The Morgan fingerprint density at radius 2 is 1.86 bits per heavy atom. The van der Waals surface area contributed by atoms with Crippen molar-refractivity contribution in [3.8, 4) is 5.75 Å². The van der Waals surface area contributed by atoms with Gasteiger partial charge in [-0.1, -0.05) is 41.1 Å². The maximum atomic E-state index is 12.3. The number of hydrogen-bond acceptors (Lipinski definition) is 2. The molecule has 2 aromatic carbocycles. The van der Waals surface area contributed by atoms with Gasteiger partial charge in [0.25, 0.3) is 5.56 Å². The number of nitrogens with one attached hydrogen (secondary N) is 1. The van der Waals surface area contributed by atoms with Crippen molar-refractivity contribution in [1.29, 1.82) is 0 Å². The summed E-state index contributed by atoms with van der Waals surface area (Å²) in [7, 11) is 0. The molecule has 0 aliphatic rings. The van der Waals surface area contributed by atoms with Gasteiger partial charge in [0, 0.05) is 22.0 Å². The van der Waals surface area contributed by atoms with Crippen molar-refractivity contribution in [3.63, 3.8) is 0 Å². The lowest BCUT2D eigenvalue weighted by Crippen LogP contribution is -2.13. The molecule has 0 saturated carbocycles. The summed E-state index contributed by atoms with van der Waals surface area (Å²) in [5, 5.41) is 11.4. The molecule has 112 valence electrons. The third-order valence-corrected chi connectivity index (χ3v) is 4.39. The first-order chi connectivity index (χ1) is 10.6. The third kappa shape index (κ3) is 2.66. The molecule has 0 radical (unpaired) electrons. The van der Waals surface area contributed by atoms with E-state index in [-0.39, 0.29) is 11.3 Å². The van der Waals surface area contributed by atoms with Crippen LogP contribution in [0.3, 0.4) is 0 Å². The Hall–Kier alpha value is -2.07. The van der Waals surface area contributed by atoms with Gasteiger partial charge in [-0.25, -0.2) is 0 Å². The van der Waals surface area contributed by atoms with Crippen LogP contribution in [-0.2, 0) is 12.8 Å². The van der Waals surface area contributed by atoms with Crippen LogP contribution in [-0.4, -0.2) is 10.1 Å². The second-order valence-corrected chi connectivity index (χ2v) is 6.18. The molecule has 0 unspecified atom stereocenters. The maximum Gasteiger partial charge on any atom is 0.256 e. The predicted molar refractivity (Wildman–Crippen MR) is 92.6 cm³/mol. The summed E-state index contributed by atoms with van der Waals surface area (Å²) < 4.78 is 1.02. The summed E-state index contributed by atoms with van der Waals surface area (Å²) in [4.78, 5) is 15.3. The van der Waals surface area contributed by atoms with Crippen molar-refractivity contribution in [2.24, 2.45) is 0 Å². The first kappa shape index (κ1) is 14.9. The number of aryl methyl sites for hydroxylation is 1. The van der Waals surface area contributed by atoms with Gasteiger partial charge in [0.15, 0.2) is 0 Å². The van der Waals surface area contributed by atoms with Gasteiger partial charge in [-0.15, -0.1) is 0 Å². The lowest BCUT2D eigenvalue weighted by molar-refractivity contribution is 0.481. The molecule has 4 heteroatoms. The molecule has 0 fully saturated rings. The Bertz CT molecular complexity index is 882. The molecule has 0 amide bonds. The van der Waals surface area contributed by atoms with E-state index >= 15 is 0 Å². The monoisotopic (exact) mass is 357 g/mol. The quantitative estimate of drug-likeness (QED) is 0.739. The Labute approximate surface area is 136 Å². The number of rotatable bonds is 3. The number of aromatic amines is 1. The van der Waals surface area contributed by atoms with Gasteiger partial charge in [-0.05, 0) is 41.8 Å². The zero-order chi connectivity index (χ0) is 15.7. The van der Waals surface area contributed by atoms with Gasteiger partial charge in [-0.2, -0.15) is 0 Å². The van der Waals surface area contributed by atoms with Gasteiger partial charge in [0.2, 0.25) is 0 Å². The third-order valence-electron chi connectivity index (χ3n) is 3.87. The largest absolute Gasteiger partial charge is 0.507 e. The molecule has 22 heavy (non-hydrogen) atoms. The average Bonchev–Trinajstić information content (AvgIpc) is 2.51. The number of aromatic nitrogens is 1. The van der Waals surface area contributed by atoms with E-state index in [1.807, 2.05) is 31.2 Å². The van der Waals surface area contributed by atoms with Crippen LogP contribution in [0.15, 0.2) is 51.7 Å². The second-order valence-electron chi connectivity index (χ2n) is 5.27. The van der Waals surface area contributed by atoms with Crippen LogP contribution in [0, 0.1) is 0 Å². The Morgan fingerprint density at radius 1 is 1.14 bits per heavy atom. The zero-order valence-corrected chi connectivity index (χ0v) is 13.8.